The van der Waals surface area contributed by atoms with Gasteiger partial charge < -0.3 is 9.84 Å². The van der Waals surface area contributed by atoms with Crippen LogP contribution in [-0.2, 0) is 6.61 Å². The third-order valence-electron chi connectivity index (χ3n) is 3.06. The molecule has 0 heterocycles. The summed E-state index contributed by atoms with van der Waals surface area (Å²) < 4.78 is 19.3. The minimum Gasteiger partial charge on any atom is -0.489 e. The summed E-state index contributed by atoms with van der Waals surface area (Å²) in [6, 6.07) is 10.4. The van der Waals surface area contributed by atoms with Crippen LogP contribution in [-0.4, -0.2) is 5.11 Å². The van der Waals surface area contributed by atoms with E-state index in [9.17, 15) is 9.50 Å². The predicted octanol–water partition coefficient (Wildman–Crippen LogP) is 4.53. The van der Waals surface area contributed by atoms with E-state index in [1.165, 1.54) is 6.07 Å². The Morgan fingerprint density at radius 1 is 1.25 bits per heavy atom. The highest BCUT2D eigenvalue weighted by Crippen LogP contribution is 2.24. The first-order chi connectivity index (χ1) is 9.47. The molecule has 4 heteroatoms. The van der Waals surface area contributed by atoms with Crippen LogP contribution < -0.4 is 4.74 Å². The van der Waals surface area contributed by atoms with Gasteiger partial charge in [0.05, 0.1) is 10.6 Å². The first-order valence-electron chi connectivity index (χ1n) is 6.32. The monoisotopic (exact) mass is 338 g/mol. The summed E-state index contributed by atoms with van der Waals surface area (Å²) in [7, 11) is 0. The fraction of sp³-hybridized carbons (Fsp3) is 0.250. The number of rotatable bonds is 4. The van der Waals surface area contributed by atoms with Gasteiger partial charge in [0.1, 0.15) is 18.2 Å². The van der Waals surface area contributed by atoms with Crippen molar-refractivity contribution in [2.45, 2.75) is 26.6 Å². The Hall–Kier alpha value is -1.39. The van der Waals surface area contributed by atoms with Gasteiger partial charge in [0.2, 0.25) is 0 Å². The molecule has 0 aliphatic rings. The van der Waals surface area contributed by atoms with Crippen molar-refractivity contribution in [1.29, 1.82) is 0 Å². The highest BCUT2D eigenvalue weighted by Gasteiger charge is 2.06. The second-order valence-corrected chi connectivity index (χ2v) is 5.59. The quantitative estimate of drug-likeness (QED) is 0.887. The minimum atomic E-state index is -0.490. The maximum atomic E-state index is 13.1. The van der Waals surface area contributed by atoms with E-state index < -0.39 is 6.10 Å². The third kappa shape index (κ3) is 3.58. The van der Waals surface area contributed by atoms with Crippen molar-refractivity contribution >= 4 is 15.9 Å². The Morgan fingerprint density at radius 3 is 2.60 bits per heavy atom. The molecule has 0 amide bonds. The Kier molecular flexibility index (Phi) is 4.78. The summed E-state index contributed by atoms with van der Waals surface area (Å²) in [6.07, 6.45) is -0.490. The molecule has 0 aliphatic carbocycles. The van der Waals surface area contributed by atoms with Gasteiger partial charge in [-0.3, -0.25) is 0 Å². The maximum Gasteiger partial charge on any atom is 0.137 e. The van der Waals surface area contributed by atoms with Crippen LogP contribution in [0.5, 0.6) is 5.75 Å². The molecule has 0 saturated heterocycles. The molecule has 2 aromatic rings. The third-order valence-corrected chi connectivity index (χ3v) is 3.67. The molecule has 1 unspecified atom stereocenters. The molecule has 0 radical (unpaired) electrons. The van der Waals surface area contributed by atoms with Gasteiger partial charge >= 0.3 is 0 Å². The predicted molar refractivity (Wildman–Crippen MR) is 80.2 cm³/mol. The molecule has 0 saturated carbocycles. The fourth-order valence-corrected chi connectivity index (χ4v) is 2.31. The van der Waals surface area contributed by atoms with E-state index in [-0.39, 0.29) is 5.82 Å². The lowest BCUT2D eigenvalue weighted by molar-refractivity contribution is 0.199. The van der Waals surface area contributed by atoms with Crippen molar-refractivity contribution in [2.24, 2.45) is 0 Å². The number of hydrogen-bond acceptors (Lipinski definition) is 2. The summed E-state index contributed by atoms with van der Waals surface area (Å²) in [5, 5.41) is 9.52. The number of hydrogen-bond donors (Lipinski definition) is 1. The van der Waals surface area contributed by atoms with E-state index in [0.29, 0.717) is 11.1 Å². The molecule has 2 rings (SSSR count). The van der Waals surface area contributed by atoms with Crippen molar-refractivity contribution in [3.8, 4) is 5.75 Å². The molecule has 1 N–H and O–H groups in total. The highest BCUT2D eigenvalue weighted by molar-refractivity contribution is 9.10. The summed E-state index contributed by atoms with van der Waals surface area (Å²) in [5.74, 6) is 0.473. The van der Waals surface area contributed by atoms with Gasteiger partial charge in [-0.25, -0.2) is 4.39 Å². The van der Waals surface area contributed by atoms with Gasteiger partial charge in [-0.05, 0) is 70.7 Å². The number of aryl methyl sites for hydroxylation is 1. The molecule has 0 aliphatic heterocycles. The van der Waals surface area contributed by atoms with E-state index in [0.717, 1.165) is 22.4 Å². The molecule has 0 spiro atoms. The van der Waals surface area contributed by atoms with Gasteiger partial charge in [-0.2, -0.15) is 0 Å². The average molecular weight is 339 g/mol. The van der Waals surface area contributed by atoms with E-state index >= 15 is 0 Å². The lowest BCUT2D eigenvalue weighted by Crippen LogP contribution is -1.99. The van der Waals surface area contributed by atoms with E-state index in [2.05, 4.69) is 15.9 Å². The largest absolute Gasteiger partial charge is 0.489 e. The van der Waals surface area contributed by atoms with Crippen molar-refractivity contribution in [2.75, 3.05) is 0 Å². The smallest absolute Gasteiger partial charge is 0.137 e. The van der Waals surface area contributed by atoms with Gasteiger partial charge in [0, 0.05) is 0 Å². The number of aliphatic hydroxyl groups is 1. The zero-order valence-electron chi connectivity index (χ0n) is 11.4. The zero-order valence-corrected chi connectivity index (χ0v) is 12.9. The number of aliphatic hydroxyl groups excluding tert-OH is 1. The molecular weight excluding hydrogens is 323 g/mol. The minimum absolute atomic E-state index is 0.286. The molecule has 0 bridgehead atoms. The molecular formula is C16H16BrFO2. The first-order valence-corrected chi connectivity index (χ1v) is 7.12. The van der Waals surface area contributed by atoms with Crippen LogP contribution in [0.15, 0.2) is 40.9 Å². The number of benzene rings is 2. The summed E-state index contributed by atoms with van der Waals surface area (Å²) in [5.41, 5.74) is 2.71. The van der Waals surface area contributed by atoms with Crippen LogP contribution in [0.4, 0.5) is 4.39 Å². The van der Waals surface area contributed by atoms with Gasteiger partial charge in [0.15, 0.2) is 0 Å². The Balaban J connectivity index is 2.09. The van der Waals surface area contributed by atoms with Gasteiger partial charge in [-0.15, -0.1) is 0 Å². The summed E-state index contributed by atoms with van der Waals surface area (Å²) in [4.78, 5) is 0. The lowest BCUT2D eigenvalue weighted by Gasteiger charge is -2.12. The van der Waals surface area contributed by atoms with Crippen LogP contribution in [0.25, 0.3) is 0 Å². The van der Waals surface area contributed by atoms with Crippen LogP contribution >= 0.6 is 15.9 Å². The van der Waals surface area contributed by atoms with Gasteiger partial charge in [-0.1, -0.05) is 12.1 Å². The molecule has 0 aromatic heterocycles. The SMILES string of the molecule is Cc1cc(C(C)O)ccc1OCc1ccc(F)c(Br)c1. The molecule has 2 aromatic carbocycles. The molecule has 20 heavy (non-hydrogen) atoms. The lowest BCUT2D eigenvalue weighted by atomic mass is 10.1. The second kappa shape index (κ2) is 6.37. The van der Waals surface area contributed by atoms with Crippen LogP contribution in [0.1, 0.15) is 29.7 Å². The van der Waals surface area contributed by atoms with Crippen molar-refractivity contribution in [1.82, 2.24) is 0 Å². The van der Waals surface area contributed by atoms with E-state index in [4.69, 9.17) is 4.74 Å². The molecule has 2 nitrogen and oxygen atoms in total. The van der Waals surface area contributed by atoms with E-state index in [1.54, 1.807) is 19.1 Å². The van der Waals surface area contributed by atoms with E-state index in [1.807, 2.05) is 25.1 Å². The summed E-state index contributed by atoms with van der Waals surface area (Å²) in [6.45, 7) is 4.03. The van der Waals surface area contributed by atoms with Gasteiger partial charge in [0.25, 0.3) is 0 Å². The summed E-state index contributed by atoms with van der Waals surface area (Å²) >= 11 is 3.15. The highest BCUT2D eigenvalue weighted by atomic mass is 79.9. The Bertz CT molecular complexity index is 611. The van der Waals surface area contributed by atoms with Crippen LogP contribution in [0.2, 0.25) is 0 Å². The van der Waals surface area contributed by atoms with Crippen LogP contribution in [0.3, 0.4) is 0 Å². The molecule has 0 fully saturated rings. The standard InChI is InChI=1S/C16H16BrFO2/c1-10-7-13(11(2)19)4-6-16(10)20-9-12-3-5-15(18)14(17)8-12/h3-8,11,19H,9H2,1-2H3. The maximum absolute atomic E-state index is 13.1. The topological polar surface area (TPSA) is 29.5 Å². The second-order valence-electron chi connectivity index (χ2n) is 4.74. The Labute approximate surface area is 126 Å². The van der Waals surface area contributed by atoms with Crippen LogP contribution in [0, 0.1) is 12.7 Å². The number of ether oxygens (including phenoxy) is 1. The average Bonchev–Trinajstić information content (AvgIpc) is 2.41. The zero-order chi connectivity index (χ0) is 14.7. The normalized spacial score (nSPS) is 12.2. The fourth-order valence-electron chi connectivity index (χ4n) is 1.88. The van der Waals surface area contributed by atoms with Crippen molar-refractivity contribution in [3.63, 3.8) is 0 Å². The number of halogens is 2. The molecule has 1 atom stereocenters. The first kappa shape index (κ1) is 15.0. The molecule has 106 valence electrons. The van der Waals surface area contributed by atoms with Crippen molar-refractivity contribution < 1.29 is 14.2 Å². The Morgan fingerprint density at radius 2 is 2.00 bits per heavy atom. The van der Waals surface area contributed by atoms with Crippen molar-refractivity contribution in [3.05, 3.63) is 63.4 Å².